The zero-order valence-electron chi connectivity index (χ0n) is 17.8. The highest BCUT2D eigenvalue weighted by molar-refractivity contribution is 5.76. The van der Waals surface area contributed by atoms with Crippen LogP contribution in [0.25, 0.3) is 0 Å². The third-order valence-corrected chi connectivity index (χ3v) is 4.96. The van der Waals surface area contributed by atoms with Gasteiger partial charge in [0.1, 0.15) is 12.6 Å². The zero-order valence-corrected chi connectivity index (χ0v) is 17.8. The second-order valence-corrected chi connectivity index (χ2v) is 7.73. The van der Waals surface area contributed by atoms with Gasteiger partial charge in [0.25, 0.3) is 5.79 Å². The number of nitrogens with one attached hydrogen (secondary N) is 3. The summed E-state index contributed by atoms with van der Waals surface area (Å²) in [5.74, 6) is -6.55. The number of carbonyl (C=O) groups is 3. The van der Waals surface area contributed by atoms with E-state index in [1.165, 1.54) is 6.92 Å². The number of amides is 1. The van der Waals surface area contributed by atoms with Gasteiger partial charge in [-0.1, -0.05) is 0 Å². The average molecular weight is 463 g/mol. The molecule has 1 amide bonds. The molecule has 1 fully saturated rings. The summed E-state index contributed by atoms with van der Waals surface area (Å²) < 4.78 is 10.2. The second kappa shape index (κ2) is 12.5. The van der Waals surface area contributed by atoms with Crippen LogP contribution < -0.4 is 22.1 Å². The fourth-order valence-electron chi connectivity index (χ4n) is 3.24. The molecule has 14 heteroatoms. The summed E-state index contributed by atoms with van der Waals surface area (Å²) in [6.45, 7) is 1.05. The van der Waals surface area contributed by atoms with E-state index in [1.54, 1.807) is 0 Å². The van der Waals surface area contributed by atoms with Gasteiger partial charge in [0, 0.05) is 38.8 Å². The highest BCUT2D eigenvalue weighted by Crippen LogP contribution is 2.33. The Kier molecular flexibility index (Phi) is 10.7. The van der Waals surface area contributed by atoms with Crippen molar-refractivity contribution in [2.45, 2.75) is 62.7 Å². The number of carboxylic acid groups (broad SMARTS) is 1. The number of esters is 1. The molecule has 1 aliphatic rings. The van der Waals surface area contributed by atoms with Crippen LogP contribution in [-0.2, 0) is 23.9 Å². The number of carboxylic acids is 1. The van der Waals surface area contributed by atoms with Gasteiger partial charge in [0.05, 0.1) is 18.3 Å². The van der Waals surface area contributed by atoms with E-state index in [9.17, 15) is 34.8 Å². The minimum atomic E-state index is -2.66. The Hall–Kier alpha value is -2.52. The Morgan fingerprint density at radius 3 is 2.56 bits per heavy atom. The third kappa shape index (κ3) is 8.92. The number of aliphatic hydroxyl groups is 3. The molecule has 4 unspecified atom stereocenters. The van der Waals surface area contributed by atoms with Crippen LogP contribution in [0.5, 0.6) is 0 Å². The molecule has 0 aromatic rings. The molecule has 32 heavy (non-hydrogen) atoms. The first-order chi connectivity index (χ1) is 14.9. The molecule has 0 spiro atoms. The van der Waals surface area contributed by atoms with Crippen molar-refractivity contribution in [1.29, 1.82) is 5.41 Å². The van der Waals surface area contributed by atoms with Crippen LogP contribution in [0.3, 0.4) is 0 Å². The SMILES string of the molecule is CC(=O)NCC1C(O)CC(O)(C(=O)O)OC1C[C@H](O)COC(=O)[C@H](N)CCCNC(=N)N. The Bertz CT molecular complexity index is 679. The van der Waals surface area contributed by atoms with Crippen LogP contribution >= 0.6 is 0 Å². The van der Waals surface area contributed by atoms with E-state index >= 15 is 0 Å². The summed E-state index contributed by atoms with van der Waals surface area (Å²) in [5, 5.41) is 52.0. The number of nitrogens with two attached hydrogens (primary N) is 2. The number of aliphatic carboxylic acids is 1. The van der Waals surface area contributed by atoms with E-state index in [1.807, 2.05) is 0 Å². The molecular weight excluding hydrogens is 430 g/mol. The van der Waals surface area contributed by atoms with E-state index in [4.69, 9.17) is 26.4 Å². The first kappa shape index (κ1) is 27.5. The Labute approximate surface area is 184 Å². The summed E-state index contributed by atoms with van der Waals surface area (Å²) in [7, 11) is 0. The molecule has 0 aromatic carbocycles. The molecule has 1 saturated heterocycles. The number of carbonyl (C=O) groups excluding carboxylic acids is 2. The van der Waals surface area contributed by atoms with Gasteiger partial charge in [-0.15, -0.1) is 0 Å². The molecule has 1 rings (SSSR count). The van der Waals surface area contributed by atoms with E-state index in [-0.39, 0.29) is 25.3 Å². The summed E-state index contributed by atoms with van der Waals surface area (Å²) in [6.07, 6.45) is -4.04. The smallest absolute Gasteiger partial charge is 0.364 e. The summed E-state index contributed by atoms with van der Waals surface area (Å²) in [5.41, 5.74) is 10.9. The molecule has 0 aromatic heterocycles. The molecule has 14 nitrogen and oxygen atoms in total. The molecule has 1 aliphatic heterocycles. The maximum atomic E-state index is 12.0. The van der Waals surface area contributed by atoms with Crippen molar-refractivity contribution in [1.82, 2.24) is 10.6 Å². The quantitative estimate of drug-likeness (QED) is 0.0593. The van der Waals surface area contributed by atoms with Gasteiger partial charge in [0.15, 0.2) is 5.96 Å². The first-order valence-corrected chi connectivity index (χ1v) is 10.1. The number of guanidine groups is 1. The van der Waals surface area contributed by atoms with Gasteiger partial charge < -0.3 is 52.0 Å². The van der Waals surface area contributed by atoms with E-state index in [0.29, 0.717) is 13.0 Å². The molecule has 184 valence electrons. The first-order valence-electron chi connectivity index (χ1n) is 10.1. The predicted octanol–water partition coefficient (Wildman–Crippen LogP) is -3.45. The molecular formula is C18H33N5O9. The highest BCUT2D eigenvalue weighted by Gasteiger charge is 2.50. The van der Waals surface area contributed by atoms with Crippen molar-refractivity contribution in [3.8, 4) is 0 Å². The normalized spacial score (nSPS) is 27.1. The van der Waals surface area contributed by atoms with E-state index in [2.05, 4.69) is 10.6 Å². The summed E-state index contributed by atoms with van der Waals surface area (Å²) in [6, 6.07) is -0.965. The largest absolute Gasteiger partial charge is 0.477 e. The van der Waals surface area contributed by atoms with Crippen molar-refractivity contribution in [2.75, 3.05) is 19.7 Å². The maximum Gasteiger partial charge on any atom is 0.364 e. The van der Waals surface area contributed by atoms with Crippen LogP contribution in [-0.4, -0.2) is 94.1 Å². The Morgan fingerprint density at radius 1 is 1.34 bits per heavy atom. The van der Waals surface area contributed by atoms with Gasteiger partial charge >= 0.3 is 11.9 Å². The summed E-state index contributed by atoms with van der Waals surface area (Å²) in [4.78, 5) is 34.5. The molecule has 0 radical (unpaired) electrons. The highest BCUT2D eigenvalue weighted by atomic mass is 16.7. The molecule has 1 heterocycles. The average Bonchev–Trinajstić information content (AvgIpc) is 2.68. The van der Waals surface area contributed by atoms with Crippen molar-refractivity contribution in [2.24, 2.45) is 17.4 Å². The lowest BCUT2D eigenvalue weighted by Crippen LogP contribution is -2.58. The zero-order chi connectivity index (χ0) is 24.5. The van der Waals surface area contributed by atoms with Gasteiger partial charge in [-0.3, -0.25) is 15.0 Å². The lowest BCUT2D eigenvalue weighted by molar-refractivity contribution is -0.287. The molecule has 0 saturated carbocycles. The van der Waals surface area contributed by atoms with Crippen LogP contribution in [0.2, 0.25) is 0 Å². The van der Waals surface area contributed by atoms with Gasteiger partial charge in [-0.2, -0.15) is 0 Å². The number of ether oxygens (including phenoxy) is 2. The Balaban J connectivity index is 2.63. The molecule has 11 N–H and O–H groups in total. The monoisotopic (exact) mass is 463 g/mol. The minimum absolute atomic E-state index is 0.0808. The third-order valence-electron chi connectivity index (χ3n) is 4.96. The summed E-state index contributed by atoms with van der Waals surface area (Å²) >= 11 is 0. The van der Waals surface area contributed by atoms with Crippen LogP contribution in [0.15, 0.2) is 0 Å². The minimum Gasteiger partial charge on any atom is -0.477 e. The number of hydrogen-bond acceptors (Lipinski definition) is 10. The van der Waals surface area contributed by atoms with Crippen molar-refractivity contribution in [3.05, 3.63) is 0 Å². The fourth-order valence-corrected chi connectivity index (χ4v) is 3.24. The van der Waals surface area contributed by atoms with Crippen molar-refractivity contribution in [3.63, 3.8) is 0 Å². The lowest BCUT2D eigenvalue weighted by atomic mass is 9.84. The Morgan fingerprint density at radius 2 is 2.00 bits per heavy atom. The van der Waals surface area contributed by atoms with Crippen molar-refractivity contribution >= 4 is 23.8 Å². The predicted molar refractivity (Wildman–Crippen MR) is 109 cm³/mol. The van der Waals surface area contributed by atoms with Crippen LogP contribution in [0, 0.1) is 11.3 Å². The van der Waals surface area contributed by atoms with Crippen molar-refractivity contribution < 1.29 is 44.3 Å². The van der Waals surface area contributed by atoms with E-state index < -0.39 is 66.9 Å². The topological polar surface area (TPSA) is 251 Å². The van der Waals surface area contributed by atoms with Crippen LogP contribution in [0.1, 0.15) is 32.6 Å². The van der Waals surface area contributed by atoms with E-state index in [0.717, 1.165) is 0 Å². The second-order valence-electron chi connectivity index (χ2n) is 7.73. The maximum absolute atomic E-state index is 12.0. The standard InChI is InChI=1S/C18H33N5O9/c1-9(24)23-7-11-13(26)6-18(30,16(28)29)32-14(11)5-10(25)8-31-15(27)12(19)3-2-4-22-17(20)21/h10-14,25-26,30H,2-8,19H2,1H3,(H,23,24)(H,28,29)(H4,20,21,22)/t10-,11?,12+,13?,14?,18?/m0/s1. The lowest BCUT2D eigenvalue weighted by Gasteiger charge is -2.43. The molecule has 0 aliphatic carbocycles. The fraction of sp³-hybridized carbons (Fsp3) is 0.778. The number of rotatable bonds is 12. The molecule has 6 atom stereocenters. The number of hydrogen-bond donors (Lipinski definition) is 9. The van der Waals surface area contributed by atoms with Crippen LogP contribution in [0.4, 0.5) is 0 Å². The number of aliphatic hydroxyl groups excluding tert-OH is 2. The molecule has 0 bridgehead atoms. The van der Waals surface area contributed by atoms with Gasteiger partial charge in [0.2, 0.25) is 5.91 Å². The van der Waals surface area contributed by atoms with Gasteiger partial charge in [-0.25, -0.2) is 4.79 Å². The van der Waals surface area contributed by atoms with Gasteiger partial charge in [-0.05, 0) is 12.8 Å².